The molecular weight excluding hydrogens is 291 g/mol. The van der Waals surface area contributed by atoms with Crippen LogP contribution in [-0.2, 0) is 0 Å². The Morgan fingerprint density at radius 2 is 0.857 bits per heavy atom. The van der Waals surface area contributed by atoms with Crippen LogP contribution in [0.3, 0.4) is 0 Å². The molecule has 0 atom stereocenters. The van der Waals surface area contributed by atoms with Crippen molar-refractivity contribution in [2.75, 3.05) is 24.6 Å². The van der Waals surface area contributed by atoms with Gasteiger partial charge in [-0.1, -0.05) is 0 Å². The molecule has 0 heterocycles. The molecule has 0 aliphatic heterocycles. The van der Waals surface area contributed by atoms with Crippen molar-refractivity contribution in [3.05, 3.63) is 0 Å². The van der Waals surface area contributed by atoms with Gasteiger partial charge in [0.05, 0.1) is 0 Å². The van der Waals surface area contributed by atoms with E-state index in [1.54, 1.807) is 0 Å². The van der Waals surface area contributed by atoms with Crippen molar-refractivity contribution < 1.29 is 4.80 Å². The van der Waals surface area contributed by atoms with Gasteiger partial charge in [-0.05, 0) is 0 Å². The molecule has 0 radical (unpaired) electrons. The molecule has 130 valence electrons. The van der Waals surface area contributed by atoms with Gasteiger partial charge in [0.25, 0.3) is 0 Å². The Morgan fingerprint density at radius 1 is 0.619 bits per heavy atom. The molecule has 0 rings (SSSR count). The molecule has 1 N–H and O–H groups in total. The third kappa shape index (κ3) is 5.32. The topological polar surface area (TPSA) is 20.2 Å². The fourth-order valence-electron chi connectivity index (χ4n) is 4.06. The van der Waals surface area contributed by atoms with Crippen LogP contribution in [0.1, 0.15) is 79.1 Å². The Bertz CT molecular complexity index is 229. The van der Waals surface area contributed by atoms with Crippen molar-refractivity contribution in [2.24, 2.45) is 0 Å². The fraction of sp³-hybridized carbons (Fsp3) is 1.00. The summed E-state index contributed by atoms with van der Waals surface area (Å²) in [6, 6.07) is 0. The second-order valence-corrected chi connectivity index (χ2v) is 23.6. The Morgan fingerprint density at radius 3 is 1.00 bits per heavy atom. The Labute approximate surface area is 136 Å². The molecule has 0 saturated carbocycles. The molecule has 0 saturated heterocycles. The van der Waals surface area contributed by atoms with E-state index in [1.807, 2.05) is 0 Å². The molecule has 0 amide bonds. The predicted octanol–water partition coefficient (Wildman–Crippen LogP) is 6.43. The Hall–Kier alpha value is 0.607. The zero-order valence-electron chi connectivity index (χ0n) is 15.9. The van der Waals surface area contributed by atoms with Crippen molar-refractivity contribution in [3.8, 4) is 0 Å². The molecule has 21 heavy (non-hydrogen) atoms. The van der Waals surface area contributed by atoms with Gasteiger partial charge in [-0.2, -0.15) is 0 Å². The molecule has 0 aliphatic rings. The summed E-state index contributed by atoms with van der Waals surface area (Å²) in [6.07, 6.45) is 14.1. The van der Waals surface area contributed by atoms with Gasteiger partial charge in [0.1, 0.15) is 0 Å². The third-order valence-corrected chi connectivity index (χ3v) is 27.0. The standard InChI is InChI=1S/C18H43OPSi/c1-7-11-15-20(16-12-8-2,17-13-9-3,18-14-10-4)21(5,6)19/h19H,7-18H2,1-6H3. The van der Waals surface area contributed by atoms with Gasteiger partial charge in [-0.15, -0.1) is 0 Å². The van der Waals surface area contributed by atoms with Crippen LogP contribution in [0.4, 0.5) is 0 Å². The molecule has 0 aromatic rings. The summed E-state index contributed by atoms with van der Waals surface area (Å²) in [5.74, 6) is 0. The van der Waals surface area contributed by atoms with E-state index in [0.717, 1.165) is 0 Å². The average molecular weight is 335 g/mol. The van der Waals surface area contributed by atoms with Crippen molar-refractivity contribution in [1.29, 1.82) is 0 Å². The Kier molecular flexibility index (Phi) is 9.96. The van der Waals surface area contributed by atoms with Crippen LogP contribution in [0, 0.1) is 0 Å². The van der Waals surface area contributed by atoms with Crippen LogP contribution in [0.5, 0.6) is 0 Å². The summed E-state index contributed by atoms with van der Waals surface area (Å²) < 4.78 is 0. The molecule has 0 unspecified atom stereocenters. The Balaban J connectivity index is 5.70. The predicted molar refractivity (Wildman–Crippen MR) is 106 cm³/mol. The molecule has 1 nitrogen and oxygen atoms in total. The first kappa shape index (κ1) is 21.6. The third-order valence-electron chi connectivity index (χ3n) is 5.94. The quantitative estimate of drug-likeness (QED) is 0.304. The van der Waals surface area contributed by atoms with E-state index in [0.29, 0.717) is 0 Å². The summed E-state index contributed by atoms with van der Waals surface area (Å²) in [5.41, 5.74) is 0. The van der Waals surface area contributed by atoms with E-state index in [9.17, 15) is 4.80 Å². The van der Waals surface area contributed by atoms with Gasteiger partial charge in [-0.3, -0.25) is 0 Å². The normalized spacial score (nSPS) is 14.9. The average Bonchev–Trinajstić information content (AvgIpc) is 2.45. The number of rotatable bonds is 13. The molecule has 3 heteroatoms. The van der Waals surface area contributed by atoms with Gasteiger partial charge >= 0.3 is 136 Å². The van der Waals surface area contributed by atoms with Crippen molar-refractivity contribution in [2.45, 2.75) is 92.2 Å². The van der Waals surface area contributed by atoms with Gasteiger partial charge in [0, 0.05) is 0 Å². The minimum atomic E-state index is -2.11. The van der Waals surface area contributed by atoms with Crippen LogP contribution in [0.25, 0.3) is 0 Å². The van der Waals surface area contributed by atoms with Crippen molar-refractivity contribution in [3.63, 3.8) is 0 Å². The van der Waals surface area contributed by atoms with Crippen LogP contribution < -0.4 is 0 Å². The molecule has 0 aliphatic carbocycles. The maximum absolute atomic E-state index is 11.5. The van der Waals surface area contributed by atoms with Crippen LogP contribution in [0.2, 0.25) is 13.1 Å². The van der Waals surface area contributed by atoms with E-state index in [4.69, 9.17) is 0 Å². The van der Waals surface area contributed by atoms with E-state index in [2.05, 4.69) is 40.8 Å². The van der Waals surface area contributed by atoms with Gasteiger partial charge in [0.15, 0.2) is 0 Å². The molecule has 0 fully saturated rings. The number of unbranched alkanes of at least 4 members (excludes halogenated alkanes) is 4. The van der Waals surface area contributed by atoms with E-state index in [1.165, 1.54) is 76.0 Å². The van der Waals surface area contributed by atoms with Gasteiger partial charge < -0.3 is 0 Å². The second kappa shape index (κ2) is 9.68. The SMILES string of the molecule is CCCCP(CCCC)(CCCC)(CCCC)[Si](C)(C)O. The van der Waals surface area contributed by atoms with Crippen LogP contribution in [0.15, 0.2) is 0 Å². The van der Waals surface area contributed by atoms with Gasteiger partial charge in [0.2, 0.25) is 0 Å². The van der Waals surface area contributed by atoms with Crippen molar-refractivity contribution >= 4 is 14.1 Å². The zero-order valence-corrected chi connectivity index (χ0v) is 17.8. The second-order valence-electron chi connectivity index (χ2n) is 7.78. The number of hydrogen-bond donors (Lipinski definition) is 1. The summed E-state index contributed by atoms with van der Waals surface area (Å²) >= 11 is 0. The minimum absolute atomic E-state index is 1.28. The van der Waals surface area contributed by atoms with Crippen LogP contribution >= 0.6 is 6.15 Å². The van der Waals surface area contributed by atoms with E-state index in [-0.39, 0.29) is 0 Å². The summed E-state index contributed by atoms with van der Waals surface area (Å²) in [6.45, 7) is 13.9. The van der Waals surface area contributed by atoms with E-state index < -0.39 is 14.1 Å². The van der Waals surface area contributed by atoms with E-state index >= 15 is 0 Å². The molecular formula is C18H43OPSi. The first-order valence-corrected chi connectivity index (χ1v) is 16.3. The summed E-state index contributed by atoms with van der Waals surface area (Å²) in [4.78, 5) is 11.5. The van der Waals surface area contributed by atoms with Gasteiger partial charge in [-0.25, -0.2) is 0 Å². The van der Waals surface area contributed by atoms with Crippen molar-refractivity contribution in [1.82, 2.24) is 0 Å². The first-order valence-electron chi connectivity index (χ1n) is 9.54. The monoisotopic (exact) mass is 334 g/mol. The molecule has 0 bridgehead atoms. The zero-order chi connectivity index (χ0) is 16.4. The first-order chi connectivity index (χ1) is 9.82. The molecule has 0 aromatic carbocycles. The molecule has 0 spiro atoms. The van der Waals surface area contributed by atoms with Crippen LogP contribution in [-0.4, -0.2) is 37.4 Å². The summed E-state index contributed by atoms with van der Waals surface area (Å²) in [5, 5.41) is 0. The summed E-state index contributed by atoms with van der Waals surface area (Å²) in [7, 11) is -2.11. The maximum atomic E-state index is 11.5. The molecule has 0 aromatic heterocycles. The number of hydrogen-bond acceptors (Lipinski definition) is 1. The fourth-order valence-corrected chi connectivity index (χ4v) is 20.6.